The summed E-state index contributed by atoms with van der Waals surface area (Å²) in [7, 11) is 0. The molecule has 0 aromatic rings. The number of aliphatic hydroxyl groups is 15. The predicted octanol–water partition coefficient (Wildman–Crippen LogP) is -11.0. The molecule has 0 bridgehead atoms. The lowest BCUT2D eigenvalue weighted by Crippen LogP contribution is -2.58. The molecule has 0 aromatic carbocycles. The van der Waals surface area contributed by atoms with E-state index in [1.165, 1.54) is 6.92 Å². The zero-order valence-electron chi connectivity index (χ0n) is 24.3. The highest BCUT2D eigenvalue weighted by Crippen LogP contribution is 2.21. The van der Waals surface area contributed by atoms with Gasteiger partial charge in [-0.15, -0.1) is 0 Å². The maximum absolute atomic E-state index is 12.5. The summed E-state index contributed by atoms with van der Waals surface area (Å²) in [6, 6.07) is 0. The molecule has 266 valence electrons. The quantitative estimate of drug-likeness (QED) is 0.0510. The van der Waals surface area contributed by atoms with Crippen LogP contribution in [0, 0.1) is 5.41 Å². The lowest BCUT2D eigenvalue weighted by molar-refractivity contribution is -0.150. The predicted molar refractivity (Wildman–Crippen MR) is 145 cm³/mol. The van der Waals surface area contributed by atoms with Crippen LogP contribution >= 0.6 is 0 Å². The zero-order valence-corrected chi connectivity index (χ0v) is 24.3. The normalized spacial score (nSPS) is 21.3. The van der Waals surface area contributed by atoms with Gasteiger partial charge < -0.3 is 92.5 Å². The molecular weight excluding hydrogens is 618 g/mol. The van der Waals surface area contributed by atoms with E-state index in [2.05, 4.69) is 16.0 Å². The van der Waals surface area contributed by atoms with Crippen LogP contribution in [0.5, 0.6) is 0 Å². The van der Waals surface area contributed by atoms with Crippen LogP contribution in [0.25, 0.3) is 0 Å². The Labute approximate surface area is 256 Å². The van der Waals surface area contributed by atoms with Crippen LogP contribution in [0.4, 0.5) is 0 Å². The Bertz CT molecular complexity index is 794. The van der Waals surface area contributed by atoms with Gasteiger partial charge >= 0.3 is 0 Å². The number of carbonyl (C=O) groups is 3. The molecule has 0 aliphatic carbocycles. The minimum absolute atomic E-state index is 0.0899. The van der Waals surface area contributed by atoms with Crippen molar-refractivity contribution in [1.82, 2.24) is 16.0 Å². The van der Waals surface area contributed by atoms with E-state index in [9.17, 15) is 75.7 Å². The molecule has 0 saturated carbocycles. The Morgan fingerprint density at radius 2 is 0.689 bits per heavy atom. The van der Waals surface area contributed by atoms with Gasteiger partial charge in [0.1, 0.15) is 54.9 Å². The Morgan fingerprint density at radius 3 is 0.867 bits per heavy atom. The average molecular weight is 666 g/mol. The van der Waals surface area contributed by atoms with Crippen molar-refractivity contribution in [3.8, 4) is 0 Å². The van der Waals surface area contributed by atoms with Gasteiger partial charge in [0.2, 0.25) is 0 Å². The van der Waals surface area contributed by atoms with Crippen LogP contribution in [0.1, 0.15) is 13.3 Å². The van der Waals surface area contributed by atoms with Crippen LogP contribution in [-0.4, -0.2) is 207 Å². The molecule has 0 saturated heterocycles. The first-order valence-corrected chi connectivity index (χ1v) is 13.7. The molecule has 21 nitrogen and oxygen atoms in total. The molecule has 0 heterocycles. The molecule has 21 heteroatoms. The number of hydrogen-bond acceptors (Lipinski definition) is 18. The lowest BCUT2D eigenvalue weighted by atomic mass is 9.84. The summed E-state index contributed by atoms with van der Waals surface area (Å²) in [6.45, 7) is -3.43. The van der Waals surface area contributed by atoms with E-state index in [0.29, 0.717) is 0 Å². The third kappa shape index (κ3) is 12.5. The molecule has 0 radical (unpaired) electrons. The van der Waals surface area contributed by atoms with Crippen LogP contribution in [0.15, 0.2) is 0 Å². The van der Waals surface area contributed by atoms with E-state index in [0.717, 1.165) is 0 Å². The Morgan fingerprint density at radius 1 is 0.467 bits per heavy atom. The van der Waals surface area contributed by atoms with E-state index in [1.807, 2.05) is 0 Å². The second-order valence-corrected chi connectivity index (χ2v) is 10.5. The second kappa shape index (κ2) is 20.1. The summed E-state index contributed by atoms with van der Waals surface area (Å²) in [6.07, 6.45) is -26.4. The Kier molecular flexibility index (Phi) is 19.2. The second-order valence-electron chi connectivity index (χ2n) is 10.5. The van der Waals surface area contributed by atoms with E-state index >= 15 is 0 Å². The molecule has 45 heavy (non-hydrogen) atoms. The number of nitrogens with one attached hydrogen (secondary N) is 3. The van der Waals surface area contributed by atoms with E-state index in [4.69, 9.17) is 15.3 Å². The molecule has 3 amide bonds. The summed E-state index contributed by atoms with van der Waals surface area (Å²) >= 11 is 0. The van der Waals surface area contributed by atoms with Gasteiger partial charge in [0.25, 0.3) is 17.7 Å². The van der Waals surface area contributed by atoms with Crippen molar-refractivity contribution in [3.05, 3.63) is 0 Å². The number of hydrogen-bond donors (Lipinski definition) is 18. The topological polar surface area (TPSA) is 391 Å². The van der Waals surface area contributed by atoms with Gasteiger partial charge in [-0.2, -0.15) is 0 Å². The number of amides is 3. The first-order chi connectivity index (χ1) is 20.9. The van der Waals surface area contributed by atoms with E-state index in [1.54, 1.807) is 0 Å². The summed E-state index contributed by atoms with van der Waals surface area (Å²) in [5, 5.41) is 151. The minimum atomic E-state index is -2.38. The molecule has 0 aliphatic heterocycles. The van der Waals surface area contributed by atoms with Crippen LogP contribution in [0.3, 0.4) is 0 Å². The molecule has 0 aromatic heterocycles. The van der Waals surface area contributed by atoms with E-state index in [-0.39, 0.29) is 6.42 Å². The third-order valence-corrected chi connectivity index (χ3v) is 7.23. The lowest BCUT2D eigenvalue weighted by Gasteiger charge is -2.35. The molecular formula is C24H47N3O18. The maximum atomic E-state index is 12.5. The van der Waals surface area contributed by atoms with Crippen LogP contribution in [-0.2, 0) is 14.4 Å². The fourth-order valence-electron chi connectivity index (χ4n) is 3.73. The molecule has 0 spiro atoms. The highest BCUT2D eigenvalue weighted by molar-refractivity contribution is 5.82. The van der Waals surface area contributed by atoms with Gasteiger partial charge in [-0.25, -0.2) is 0 Å². The largest absolute Gasteiger partial charge is 0.394 e. The molecule has 12 atom stereocenters. The first-order valence-electron chi connectivity index (χ1n) is 13.7. The van der Waals surface area contributed by atoms with Crippen LogP contribution < -0.4 is 16.0 Å². The van der Waals surface area contributed by atoms with Crippen molar-refractivity contribution >= 4 is 17.7 Å². The smallest absolute Gasteiger partial charge is 0.251 e. The Hall–Kier alpha value is -2.19. The van der Waals surface area contributed by atoms with Gasteiger partial charge in [-0.05, 0) is 6.42 Å². The van der Waals surface area contributed by atoms with Gasteiger partial charge in [0, 0.05) is 25.0 Å². The van der Waals surface area contributed by atoms with Crippen molar-refractivity contribution in [2.75, 3.05) is 39.5 Å². The fraction of sp³-hybridized carbons (Fsp3) is 0.875. The van der Waals surface area contributed by atoms with Gasteiger partial charge in [-0.3, -0.25) is 14.4 Å². The highest BCUT2D eigenvalue weighted by Gasteiger charge is 2.40. The number of aliphatic hydroxyl groups excluding tert-OH is 15. The standard InChI is InChI=1S/C24H47N3O18/c1-2-24(6-25-21(43)18(40)15(37)12(34)9(31)3-28,7-26-22(44)19(41)16(38)13(35)10(32)4-29)8-27-23(45)20(42)17(39)14(36)11(33)5-30/h9-20,28-42H,2-8H2,1H3,(H,25,43)(H,26,44)(H,27,45). The SMILES string of the molecule is CCC(CNC(=O)C(O)C(O)C(O)C(O)CO)(CNC(=O)C(O)C(O)C(O)C(O)CO)CNC(=O)C(O)C(O)C(O)C(O)CO. The van der Waals surface area contributed by atoms with Gasteiger partial charge in [0.05, 0.1) is 19.8 Å². The van der Waals surface area contributed by atoms with Crippen molar-refractivity contribution < 1.29 is 91.0 Å². The van der Waals surface area contributed by atoms with Crippen molar-refractivity contribution in [3.63, 3.8) is 0 Å². The molecule has 18 N–H and O–H groups in total. The van der Waals surface area contributed by atoms with E-state index < -0.39 is 136 Å². The fourth-order valence-corrected chi connectivity index (χ4v) is 3.73. The monoisotopic (exact) mass is 665 g/mol. The molecule has 12 unspecified atom stereocenters. The first kappa shape index (κ1) is 42.8. The van der Waals surface area contributed by atoms with Gasteiger partial charge in [-0.1, -0.05) is 6.92 Å². The summed E-state index contributed by atoms with van der Waals surface area (Å²) in [5.74, 6) is -4.05. The third-order valence-electron chi connectivity index (χ3n) is 7.23. The minimum Gasteiger partial charge on any atom is -0.394 e. The van der Waals surface area contributed by atoms with Crippen molar-refractivity contribution in [1.29, 1.82) is 0 Å². The molecule has 0 fully saturated rings. The summed E-state index contributed by atoms with van der Waals surface area (Å²) in [5.41, 5.74) is -1.53. The van der Waals surface area contributed by atoms with Gasteiger partial charge in [0.15, 0.2) is 18.3 Å². The maximum Gasteiger partial charge on any atom is 0.251 e. The molecule has 0 rings (SSSR count). The van der Waals surface area contributed by atoms with Crippen molar-refractivity contribution in [2.24, 2.45) is 5.41 Å². The zero-order chi connectivity index (χ0) is 35.2. The number of rotatable bonds is 22. The summed E-state index contributed by atoms with van der Waals surface area (Å²) < 4.78 is 0. The van der Waals surface area contributed by atoms with Crippen molar-refractivity contribution in [2.45, 2.75) is 86.6 Å². The Balaban J connectivity index is 5.92. The number of carbonyl (C=O) groups excluding carboxylic acids is 3. The highest BCUT2D eigenvalue weighted by atomic mass is 16.4. The summed E-state index contributed by atoms with van der Waals surface area (Å²) in [4.78, 5) is 37.6. The average Bonchev–Trinajstić information content (AvgIpc) is 3.06. The molecule has 0 aliphatic rings. The van der Waals surface area contributed by atoms with Crippen LogP contribution in [0.2, 0.25) is 0 Å².